The van der Waals surface area contributed by atoms with Crippen molar-refractivity contribution in [3.63, 3.8) is 0 Å². The van der Waals surface area contributed by atoms with Crippen molar-refractivity contribution in [1.29, 1.82) is 0 Å². The lowest BCUT2D eigenvalue weighted by atomic mass is 10.1. The fourth-order valence-electron chi connectivity index (χ4n) is 3.41. The summed E-state index contributed by atoms with van der Waals surface area (Å²) in [5.74, 6) is -0.445. The molecule has 1 aromatic carbocycles. The molecular formula is C25H33FN3O6P. The lowest BCUT2D eigenvalue weighted by Crippen LogP contribution is -2.25. The maximum atomic E-state index is 15.1. The molecule has 0 spiro atoms. The van der Waals surface area contributed by atoms with E-state index in [2.05, 4.69) is 9.97 Å². The van der Waals surface area contributed by atoms with Crippen LogP contribution in [0.2, 0.25) is 0 Å². The first-order chi connectivity index (χ1) is 16.7. The minimum Gasteiger partial charge on any atom is -0.491 e. The number of rotatable bonds is 9. The van der Waals surface area contributed by atoms with Crippen LogP contribution in [0.5, 0.6) is 5.75 Å². The Bertz CT molecular complexity index is 1300. The third-order valence-electron chi connectivity index (χ3n) is 4.59. The van der Waals surface area contributed by atoms with Crippen molar-refractivity contribution in [2.75, 3.05) is 6.61 Å². The van der Waals surface area contributed by atoms with Gasteiger partial charge in [-0.15, -0.1) is 0 Å². The van der Waals surface area contributed by atoms with Gasteiger partial charge >= 0.3 is 7.82 Å². The number of fused-ring (bicyclic) bond motifs is 1. The largest absolute Gasteiger partial charge is 0.491 e. The van der Waals surface area contributed by atoms with Crippen LogP contribution in [0.1, 0.15) is 54.9 Å². The highest BCUT2D eigenvalue weighted by Gasteiger charge is 2.37. The van der Waals surface area contributed by atoms with E-state index in [1.807, 2.05) is 6.92 Å². The Morgan fingerprint density at radius 2 is 1.64 bits per heavy atom. The number of pyridine rings is 1. The minimum atomic E-state index is -4.11. The number of benzene rings is 1. The van der Waals surface area contributed by atoms with Crippen molar-refractivity contribution in [2.24, 2.45) is 0 Å². The van der Waals surface area contributed by atoms with Crippen molar-refractivity contribution >= 4 is 18.7 Å². The molecule has 0 unspecified atom stereocenters. The van der Waals surface area contributed by atoms with Gasteiger partial charge < -0.3 is 9.30 Å². The van der Waals surface area contributed by atoms with Gasteiger partial charge in [-0.3, -0.25) is 18.4 Å². The lowest BCUT2D eigenvalue weighted by molar-refractivity contribution is -0.00573. The maximum Gasteiger partial charge on any atom is 0.477 e. The van der Waals surface area contributed by atoms with Gasteiger partial charge in [-0.2, -0.15) is 0 Å². The molecule has 9 nitrogen and oxygen atoms in total. The minimum absolute atomic E-state index is 0.140. The van der Waals surface area contributed by atoms with Crippen LogP contribution in [0.15, 0.2) is 41.8 Å². The number of halogens is 1. The van der Waals surface area contributed by atoms with Crippen molar-refractivity contribution < 1.29 is 27.3 Å². The van der Waals surface area contributed by atoms with E-state index in [0.717, 1.165) is 0 Å². The number of hydrogen-bond acceptors (Lipinski definition) is 8. The SMILES string of the molecule is CCCOc1ccc(F)c2c(=O)c(-c3cncnc3)cn(COP(=O)(OC(C)(C)C)OC(C)(C)C)c12. The molecule has 0 N–H and O–H groups in total. The molecule has 3 rings (SSSR count). The molecule has 2 heterocycles. The molecule has 0 aliphatic heterocycles. The molecule has 3 aromatic rings. The predicted molar refractivity (Wildman–Crippen MR) is 135 cm³/mol. The van der Waals surface area contributed by atoms with Gasteiger partial charge in [0.05, 0.1) is 28.7 Å². The van der Waals surface area contributed by atoms with Crippen LogP contribution in [0.4, 0.5) is 4.39 Å². The first kappa shape index (κ1) is 27.9. The second kappa shape index (κ2) is 10.8. The molecule has 0 saturated carbocycles. The molecule has 0 aliphatic rings. The highest BCUT2D eigenvalue weighted by Crippen LogP contribution is 2.55. The highest BCUT2D eigenvalue weighted by atomic mass is 31.2. The van der Waals surface area contributed by atoms with Crippen LogP contribution in [0.25, 0.3) is 22.0 Å². The Hall–Kier alpha value is -2.65. The van der Waals surface area contributed by atoms with Gasteiger partial charge in [0.15, 0.2) is 5.43 Å². The standard InChI is InChI=1S/C25H33FN3O6P/c1-8-11-32-20-10-9-19(26)21-22(20)29(14-18(23(21)30)17-12-27-15-28-13-17)16-33-36(31,34-24(2,3)4)35-25(5,6)7/h9-10,12-15H,8,11,16H2,1-7H3. The van der Waals surface area contributed by atoms with E-state index in [-0.39, 0.29) is 28.9 Å². The topological polar surface area (TPSA) is 102 Å². The Morgan fingerprint density at radius 3 is 2.19 bits per heavy atom. The van der Waals surface area contributed by atoms with E-state index in [9.17, 15) is 9.36 Å². The van der Waals surface area contributed by atoms with Gasteiger partial charge in [0, 0.05) is 29.7 Å². The molecule has 11 heteroatoms. The Morgan fingerprint density at radius 1 is 1.03 bits per heavy atom. The molecule has 0 fully saturated rings. The van der Waals surface area contributed by atoms with Gasteiger partial charge in [-0.1, -0.05) is 6.92 Å². The van der Waals surface area contributed by atoms with Gasteiger partial charge in [-0.25, -0.2) is 18.9 Å². The summed E-state index contributed by atoms with van der Waals surface area (Å²) in [7, 11) is -4.11. The van der Waals surface area contributed by atoms with Crippen molar-refractivity contribution in [3.05, 3.63) is 53.1 Å². The molecule has 196 valence electrons. The van der Waals surface area contributed by atoms with E-state index < -0.39 is 30.3 Å². The van der Waals surface area contributed by atoms with Gasteiger partial charge in [-0.05, 0) is 60.1 Å². The number of phosphoric ester groups is 1. The maximum absolute atomic E-state index is 15.1. The molecule has 2 aromatic heterocycles. The average molecular weight is 522 g/mol. The summed E-state index contributed by atoms with van der Waals surface area (Å²) < 4.78 is 53.2. The van der Waals surface area contributed by atoms with Crippen LogP contribution >= 0.6 is 7.82 Å². The smallest absolute Gasteiger partial charge is 0.477 e. The zero-order valence-corrected chi connectivity index (χ0v) is 22.6. The Balaban J connectivity index is 2.20. The molecule has 0 atom stereocenters. The van der Waals surface area contributed by atoms with Crippen molar-refractivity contribution in [3.8, 4) is 16.9 Å². The molecule has 0 radical (unpaired) electrons. The molecule has 0 amide bonds. The van der Waals surface area contributed by atoms with Gasteiger partial charge in [0.25, 0.3) is 0 Å². The first-order valence-corrected chi connectivity index (χ1v) is 13.1. The number of phosphoric acid groups is 1. The van der Waals surface area contributed by atoms with Crippen LogP contribution in [0.3, 0.4) is 0 Å². The van der Waals surface area contributed by atoms with E-state index in [1.165, 1.54) is 41.6 Å². The number of ether oxygens (including phenoxy) is 1. The first-order valence-electron chi connectivity index (χ1n) is 11.6. The molecular weight excluding hydrogens is 488 g/mol. The third kappa shape index (κ3) is 6.97. The number of nitrogens with zero attached hydrogens (tertiary/aromatic N) is 3. The summed E-state index contributed by atoms with van der Waals surface area (Å²) >= 11 is 0. The van der Waals surface area contributed by atoms with Crippen LogP contribution < -0.4 is 10.2 Å². The molecule has 36 heavy (non-hydrogen) atoms. The van der Waals surface area contributed by atoms with Crippen molar-refractivity contribution in [2.45, 2.75) is 72.8 Å². The third-order valence-corrected chi connectivity index (χ3v) is 6.57. The fourth-order valence-corrected chi connectivity index (χ4v) is 5.16. The highest BCUT2D eigenvalue weighted by molar-refractivity contribution is 7.48. The number of aromatic nitrogens is 3. The average Bonchev–Trinajstić information content (AvgIpc) is 2.76. The van der Waals surface area contributed by atoms with E-state index in [0.29, 0.717) is 18.6 Å². The second-order valence-electron chi connectivity index (χ2n) is 10.2. The predicted octanol–water partition coefficient (Wildman–Crippen LogP) is 6.10. The monoisotopic (exact) mass is 521 g/mol. The second-order valence-corrected chi connectivity index (χ2v) is 11.7. The van der Waals surface area contributed by atoms with E-state index >= 15 is 4.39 Å². The van der Waals surface area contributed by atoms with E-state index in [4.69, 9.17) is 18.3 Å². The normalized spacial score (nSPS) is 12.8. The van der Waals surface area contributed by atoms with Gasteiger partial charge in [0.2, 0.25) is 0 Å². The summed E-state index contributed by atoms with van der Waals surface area (Å²) in [4.78, 5) is 21.3. The molecule has 0 saturated heterocycles. The van der Waals surface area contributed by atoms with Crippen molar-refractivity contribution in [1.82, 2.24) is 14.5 Å². The Labute approximate surface area is 210 Å². The summed E-state index contributed by atoms with van der Waals surface area (Å²) in [5, 5.41) is -0.197. The van der Waals surface area contributed by atoms with Crippen LogP contribution in [-0.4, -0.2) is 32.3 Å². The summed E-state index contributed by atoms with van der Waals surface area (Å²) in [6.45, 7) is 12.3. The fraction of sp³-hybridized carbons (Fsp3) is 0.480. The number of hydrogen-bond donors (Lipinski definition) is 0. The zero-order chi connectivity index (χ0) is 26.7. The van der Waals surface area contributed by atoms with Crippen LogP contribution in [0, 0.1) is 5.82 Å². The lowest BCUT2D eigenvalue weighted by Gasteiger charge is -2.31. The summed E-state index contributed by atoms with van der Waals surface area (Å²) in [5.41, 5.74) is -1.57. The van der Waals surface area contributed by atoms with Gasteiger partial charge in [0.1, 0.15) is 24.6 Å². The zero-order valence-electron chi connectivity index (χ0n) is 21.7. The quantitative estimate of drug-likeness (QED) is 0.311. The Kier molecular flexibility index (Phi) is 8.35. The summed E-state index contributed by atoms with van der Waals surface area (Å²) in [6, 6.07) is 2.63. The molecule has 0 aliphatic carbocycles. The van der Waals surface area contributed by atoms with E-state index in [1.54, 1.807) is 41.5 Å². The summed E-state index contributed by atoms with van der Waals surface area (Å²) in [6.07, 6.45) is 6.40. The molecule has 0 bridgehead atoms. The van der Waals surface area contributed by atoms with Crippen LogP contribution in [-0.2, 0) is 24.9 Å².